The number of alkyl halides is 3. The van der Waals surface area contributed by atoms with Crippen molar-refractivity contribution in [2.45, 2.75) is 71.2 Å². The maximum Gasteiger partial charge on any atom is 0.417 e. The Kier molecular flexibility index (Phi) is 7.53. The van der Waals surface area contributed by atoms with E-state index in [4.69, 9.17) is 4.74 Å². The third kappa shape index (κ3) is 6.48. The number of carbonyl (C=O) groups is 2. The lowest BCUT2D eigenvalue weighted by Gasteiger charge is -2.26. The van der Waals surface area contributed by atoms with E-state index in [1.165, 1.54) is 19.1 Å². The van der Waals surface area contributed by atoms with Crippen LogP contribution in [0.2, 0.25) is 0 Å². The minimum atomic E-state index is -4.52. The third-order valence-electron chi connectivity index (χ3n) is 5.71. The first kappa shape index (κ1) is 25.5. The number of benzene rings is 1. The SMILES string of the molecule is Cc1nccc(C(F)(F)F)c1-c1ccc(NC(=O)[C@@H](NC(=O)OC(C)(C)C)C2CCCC2)cc1. The van der Waals surface area contributed by atoms with Crippen LogP contribution in [-0.2, 0) is 15.7 Å². The number of anilines is 1. The van der Waals surface area contributed by atoms with Gasteiger partial charge in [0.25, 0.3) is 0 Å². The highest BCUT2D eigenvalue weighted by Gasteiger charge is 2.35. The molecule has 9 heteroatoms. The number of amides is 2. The number of halogens is 3. The summed E-state index contributed by atoms with van der Waals surface area (Å²) >= 11 is 0. The van der Waals surface area contributed by atoms with Gasteiger partial charge in [-0.25, -0.2) is 4.79 Å². The smallest absolute Gasteiger partial charge is 0.417 e. The van der Waals surface area contributed by atoms with E-state index >= 15 is 0 Å². The number of nitrogens with one attached hydrogen (secondary N) is 2. The van der Waals surface area contributed by atoms with Crippen LogP contribution in [0.5, 0.6) is 0 Å². The van der Waals surface area contributed by atoms with E-state index < -0.39 is 29.5 Å². The average molecular weight is 478 g/mol. The molecule has 0 spiro atoms. The van der Waals surface area contributed by atoms with Crippen LogP contribution < -0.4 is 10.6 Å². The van der Waals surface area contributed by atoms with E-state index in [9.17, 15) is 22.8 Å². The molecule has 1 fully saturated rings. The molecule has 2 aromatic rings. The number of aromatic nitrogens is 1. The topological polar surface area (TPSA) is 80.3 Å². The van der Waals surface area contributed by atoms with E-state index in [0.717, 1.165) is 37.9 Å². The maximum atomic E-state index is 13.5. The Hall–Kier alpha value is -3.10. The van der Waals surface area contributed by atoms with Gasteiger partial charge < -0.3 is 15.4 Å². The van der Waals surface area contributed by atoms with Crippen molar-refractivity contribution in [3.63, 3.8) is 0 Å². The molecule has 1 atom stereocenters. The van der Waals surface area contributed by atoms with E-state index in [1.807, 2.05) is 0 Å². The van der Waals surface area contributed by atoms with Gasteiger partial charge in [0.05, 0.1) is 5.56 Å². The van der Waals surface area contributed by atoms with Crippen molar-refractivity contribution in [1.29, 1.82) is 0 Å². The molecule has 0 saturated heterocycles. The Labute approximate surface area is 197 Å². The first-order valence-electron chi connectivity index (χ1n) is 11.3. The predicted molar refractivity (Wildman–Crippen MR) is 123 cm³/mol. The lowest BCUT2D eigenvalue weighted by molar-refractivity contribution is -0.137. The number of ether oxygens (including phenoxy) is 1. The maximum absolute atomic E-state index is 13.5. The lowest BCUT2D eigenvalue weighted by Crippen LogP contribution is -2.49. The Morgan fingerprint density at radius 2 is 1.68 bits per heavy atom. The second kappa shape index (κ2) is 10.0. The summed E-state index contributed by atoms with van der Waals surface area (Å²) in [6.45, 7) is 6.75. The van der Waals surface area contributed by atoms with Crippen LogP contribution in [0.4, 0.5) is 23.7 Å². The van der Waals surface area contributed by atoms with Crippen molar-refractivity contribution in [3.8, 4) is 11.1 Å². The van der Waals surface area contributed by atoms with E-state index in [-0.39, 0.29) is 23.1 Å². The van der Waals surface area contributed by atoms with E-state index in [1.54, 1.807) is 32.9 Å². The Morgan fingerprint density at radius 1 is 1.06 bits per heavy atom. The standard InChI is InChI=1S/C25H30F3N3O3/c1-15-20(19(13-14-29-15)25(26,27)28)16-9-11-18(12-10-16)30-22(32)21(17-7-5-6-8-17)31-23(33)34-24(2,3)4/h9-14,17,21H,5-8H2,1-4H3,(H,30,32)(H,31,33)/t21-/m0/s1. The zero-order chi connectivity index (χ0) is 25.1. The molecule has 3 rings (SSSR count). The molecule has 1 aliphatic rings. The van der Waals surface area contributed by atoms with Crippen LogP contribution in [-0.4, -0.2) is 28.6 Å². The first-order chi connectivity index (χ1) is 15.8. The predicted octanol–water partition coefficient (Wildman–Crippen LogP) is 6.10. The van der Waals surface area contributed by atoms with Gasteiger partial charge in [-0.3, -0.25) is 9.78 Å². The van der Waals surface area contributed by atoms with Gasteiger partial charge in [0.1, 0.15) is 11.6 Å². The fourth-order valence-corrected chi connectivity index (χ4v) is 4.23. The summed E-state index contributed by atoms with van der Waals surface area (Å²) in [6, 6.07) is 6.29. The Balaban J connectivity index is 1.78. The van der Waals surface area contributed by atoms with E-state index in [2.05, 4.69) is 15.6 Å². The van der Waals surface area contributed by atoms with Gasteiger partial charge in [0, 0.05) is 23.1 Å². The van der Waals surface area contributed by atoms with Gasteiger partial charge in [-0.05, 0) is 70.2 Å². The minimum Gasteiger partial charge on any atom is -0.444 e. The molecule has 2 N–H and O–H groups in total. The Bertz CT molecular complexity index is 1020. The van der Waals surface area contributed by atoms with Crippen molar-refractivity contribution in [2.24, 2.45) is 5.92 Å². The van der Waals surface area contributed by atoms with Crippen molar-refractivity contribution < 1.29 is 27.5 Å². The summed E-state index contributed by atoms with van der Waals surface area (Å²) in [5.74, 6) is -0.404. The minimum absolute atomic E-state index is 0.00306. The molecule has 0 aliphatic heterocycles. The number of carbonyl (C=O) groups excluding carboxylic acids is 2. The highest BCUT2D eigenvalue weighted by atomic mass is 19.4. The summed E-state index contributed by atoms with van der Waals surface area (Å²) < 4.78 is 45.8. The molecule has 2 amide bonds. The summed E-state index contributed by atoms with van der Waals surface area (Å²) in [6.07, 6.45) is -0.465. The highest BCUT2D eigenvalue weighted by Crippen LogP contribution is 2.38. The fourth-order valence-electron chi connectivity index (χ4n) is 4.23. The first-order valence-corrected chi connectivity index (χ1v) is 11.3. The van der Waals surface area contributed by atoms with Crippen molar-refractivity contribution in [1.82, 2.24) is 10.3 Å². The largest absolute Gasteiger partial charge is 0.444 e. The molecule has 6 nitrogen and oxygen atoms in total. The summed E-state index contributed by atoms with van der Waals surface area (Å²) in [7, 11) is 0. The summed E-state index contributed by atoms with van der Waals surface area (Å²) in [5.41, 5.74) is -0.443. The van der Waals surface area contributed by atoms with Crippen molar-refractivity contribution in [3.05, 3.63) is 47.8 Å². The van der Waals surface area contributed by atoms with Gasteiger partial charge >= 0.3 is 12.3 Å². The number of aryl methyl sites for hydroxylation is 1. The van der Waals surface area contributed by atoms with Gasteiger partial charge in [-0.15, -0.1) is 0 Å². The molecule has 1 heterocycles. The summed E-state index contributed by atoms with van der Waals surface area (Å²) in [5, 5.41) is 5.48. The van der Waals surface area contributed by atoms with Crippen LogP contribution >= 0.6 is 0 Å². The van der Waals surface area contributed by atoms with Gasteiger partial charge in [0.2, 0.25) is 5.91 Å². The fraction of sp³-hybridized carbons (Fsp3) is 0.480. The van der Waals surface area contributed by atoms with Crippen molar-refractivity contribution in [2.75, 3.05) is 5.32 Å². The molecule has 1 aliphatic carbocycles. The monoisotopic (exact) mass is 477 g/mol. The van der Waals surface area contributed by atoms with Gasteiger partial charge in [-0.2, -0.15) is 13.2 Å². The molecule has 1 saturated carbocycles. The van der Waals surface area contributed by atoms with Crippen LogP contribution in [0.25, 0.3) is 11.1 Å². The normalized spacial score (nSPS) is 15.6. The molecule has 184 valence electrons. The second-order valence-electron chi connectivity index (χ2n) is 9.55. The van der Waals surface area contributed by atoms with Gasteiger partial charge in [0.15, 0.2) is 0 Å². The quantitative estimate of drug-likeness (QED) is 0.546. The molecule has 0 bridgehead atoms. The Morgan fingerprint density at radius 3 is 2.24 bits per heavy atom. The van der Waals surface area contributed by atoms with E-state index in [0.29, 0.717) is 11.3 Å². The molecule has 1 aromatic carbocycles. The lowest BCUT2D eigenvalue weighted by atomic mass is 9.96. The second-order valence-corrected chi connectivity index (χ2v) is 9.55. The molecule has 0 radical (unpaired) electrons. The van der Waals surface area contributed by atoms with Crippen molar-refractivity contribution >= 4 is 17.7 Å². The third-order valence-corrected chi connectivity index (χ3v) is 5.71. The molecular weight excluding hydrogens is 447 g/mol. The van der Waals surface area contributed by atoms with Gasteiger partial charge in [-0.1, -0.05) is 25.0 Å². The average Bonchev–Trinajstić information content (AvgIpc) is 3.25. The zero-order valence-corrected chi connectivity index (χ0v) is 19.8. The molecular formula is C25H30F3N3O3. The van der Waals surface area contributed by atoms with Crippen LogP contribution in [0, 0.1) is 12.8 Å². The zero-order valence-electron chi connectivity index (χ0n) is 19.8. The molecule has 34 heavy (non-hydrogen) atoms. The number of hydrogen-bond acceptors (Lipinski definition) is 4. The number of alkyl carbamates (subject to hydrolysis) is 1. The van der Waals surface area contributed by atoms with Crippen LogP contribution in [0.15, 0.2) is 36.5 Å². The molecule has 1 aromatic heterocycles. The number of nitrogens with zero attached hydrogens (tertiary/aromatic N) is 1. The molecule has 0 unspecified atom stereocenters. The summed E-state index contributed by atoms with van der Waals surface area (Å²) in [4.78, 5) is 29.4. The van der Waals surface area contributed by atoms with Crippen LogP contribution in [0.1, 0.15) is 57.7 Å². The highest BCUT2D eigenvalue weighted by molar-refractivity contribution is 5.97. The number of hydrogen-bond donors (Lipinski definition) is 2. The number of rotatable bonds is 5. The van der Waals surface area contributed by atoms with Crippen LogP contribution in [0.3, 0.4) is 0 Å². The number of pyridine rings is 1.